The summed E-state index contributed by atoms with van der Waals surface area (Å²) in [6.45, 7) is 8.58. The third kappa shape index (κ3) is 6.13. The van der Waals surface area contributed by atoms with Crippen LogP contribution in [0.15, 0.2) is 151 Å². The van der Waals surface area contributed by atoms with Crippen molar-refractivity contribution in [1.82, 2.24) is 15.6 Å². The first-order chi connectivity index (χ1) is 23.7. The summed E-state index contributed by atoms with van der Waals surface area (Å²) in [6, 6.07) is 30.3. The largest absolute Gasteiger partial charge is 0.404 e. The van der Waals surface area contributed by atoms with Crippen LogP contribution in [0.2, 0.25) is 0 Å². The molecule has 1 aromatic heterocycles. The lowest BCUT2D eigenvalue weighted by Crippen LogP contribution is -2.18. The summed E-state index contributed by atoms with van der Waals surface area (Å²) in [6.07, 6.45) is 16.5. The summed E-state index contributed by atoms with van der Waals surface area (Å²) in [4.78, 5) is 5.02. The lowest BCUT2D eigenvalue weighted by atomic mass is 9.84. The molecular formula is C42H36N4S2. The van der Waals surface area contributed by atoms with Gasteiger partial charge in [-0.15, -0.1) is 23.5 Å². The number of nitrogens with zero attached hydrogens (tertiary/aromatic N) is 1. The molecule has 4 nitrogen and oxygen atoms in total. The number of aromatic nitrogens is 1. The number of hydrogen-bond acceptors (Lipinski definition) is 6. The monoisotopic (exact) mass is 660 g/mol. The molecule has 0 amide bonds. The van der Waals surface area contributed by atoms with Crippen LogP contribution in [0.3, 0.4) is 0 Å². The lowest BCUT2D eigenvalue weighted by Gasteiger charge is -2.21. The molecule has 4 N–H and O–H groups in total. The summed E-state index contributed by atoms with van der Waals surface area (Å²) in [7, 11) is 0. The number of benzene rings is 4. The van der Waals surface area contributed by atoms with Gasteiger partial charge in [0.2, 0.25) is 0 Å². The van der Waals surface area contributed by atoms with Crippen molar-refractivity contribution in [2.24, 2.45) is 5.73 Å². The predicted molar refractivity (Wildman–Crippen MR) is 210 cm³/mol. The minimum absolute atomic E-state index is 0.108. The van der Waals surface area contributed by atoms with E-state index in [9.17, 15) is 0 Å². The van der Waals surface area contributed by atoms with E-state index >= 15 is 0 Å². The second-order valence-electron chi connectivity index (χ2n) is 11.5. The zero-order chi connectivity index (χ0) is 32.9. The third-order valence-corrected chi connectivity index (χ3v) is 10.7. The Morgan fingerprint density at radius 3 is 2.21 bits per heavy atom. The fraction of sp³-hybridized carbons (Fsp3) is 0.0714. The Kier molecular flexibility index (Phi) is 9.36. The van der Waals surface area contributed by atoms with Gasteiger partial charge < -0.3 is 16.4 Å². The van der Waals surface area contributed by atoms with E-state index in [1.165, 1.54) is 22.3 Å². The van der Waals surface area contributed by atoms with Crippen molar-refractivity contribution in [1.29, 1.82) is 0 Å². The molecule has 0 spiro atoms. The van der Waals surface area contributed by atoms with Crippen LogP contribution in [-0.4, -0.2) is 10.4 Å². The highest BCUT2D eigenvalue weighted by molar-refractivity contribution is 8.03. The maximum absolute atomic E-state index is 6.07. The van der Waals surface area contributed by atoms with Crippen LogP contribution in [0.25, 0.3) is 56.4 Å². The van der Waals surface area contributed by atoms with E-state index in [2.05, 4.69) is 132 Å². The standard InChI is InChI=1S/C42H36N4S2/c1-3-32-33(4-2)40(39-20-18-31(27-46-39)42-45-22-24-48-42)37-19-17-29(35-15-9-8-14-34(35)28-11-6-5-7-12-28)25-38(37)36(32)16-10-13-30(26-43)41-44-21-23-47-41/h3-15,17-27,41-42,44-45H,1-2,16,43H2/b13-10-,30-26+. The first-order valence-corrected chi connectivity index (χ1v) is 17.8. The van der Waals surface area contributed by atoms with Crippen molar-refractivity contribution in [2.75, 3.05) is 0 Å². The van der Waals surface area contributed by atoms with Crippen LogP contribution in [-0.2, 0) is 6.42 Å². The molecule has 2 atom stereocenters. The average molecular weight is 661 g/mol. The van der Waals surface area contributed by atoms with E-state index in [0.29, 0.717) is 6.42 Å². The zero-order valence-corrected chi connectivity index (χ0v) is 28.1. The quantitative estimate of drug-likeness (QED) is 0.130. The van der Waals surface area contributed by atoms with Crippen molar-refractivity contribution < 1.29 is 0 Å². The highest BCUT2D eigenvalue weighted by Crippen LogP contribution is 2.42. The Morgan fingerprint density at radius 1 is 0.792 bits per heavy atom. The number of thioether (sulfide) groups is 2. The van der Waals surface area contributed by atoms with Gasteiger partial charge in [0.05, 0.1) is 5.69 Å². The number of allylic oxidation sites excluding steroid dienone is 1. The molecule has 0 saturated heterocycles. The second-order valence-corrected chi connectivity index (χ2v) is 13.5. The Morgan fingerprint density at radius 2 is 1.54 bits per heavy atom. The molecule has 236 valence electrons. The molecule has 2 unspecified atom stereocenters. The van der Waals surface area contributed by atoms with E-state index < -0.39 is 0 Å². The van der Waals surface area contributed by atoms with Gasteiger partial charge in [0.15, 0.2) is 0 Å². The van der Waals surface area contributed by atoms with Crippen LogP contribution >= 0.6 is 23.5 Å². The van der Waals surface area contributed by atoms with Crippen LogP contribution in [0.4, 0.5) is 0 Å². The van der Waals surface area contributed by atoms with E-state index in [0.717, 1.165) is 49.9 Å². The normalized spacial score (nSPS) is 17.1. The molecule has 0 fully saturated rings. The van der Waals surface area contributed by atoms with E-state index in [1.807, 2.05) is 30.7 Å². The lowest BCUT2D eigenvalue weighted by molar-refractivity contribution is 0.856. The molecular weight excluding hydrogens is 625 g/mol. The van der Waals surface area contributed by atoms with Gasteiger partial charge in [-0.1, -0.05) is 110 Å². The summed E-state index contributed by atoms with van der Waals surface area (Å²) in [5.74, 6) is 0. The summed E-state index contributed by atoms with van der Waals surface area (Å²) >= 11 is 3.45. The Bertz CT molecular complexity index is 2090. The molecule has 48 heavy (non-hydrogen) atoms. The number of fused-ring (bicyclic) bond motifs is 1. The number of hydrogen-bond donors (Lipinski definition) is 3. The minimum atomic E-state index is 0.108. The van der Waals surface area contributed by atoms with Gasteiger partial charge in [-0.05, 0) is 84.7 Å². The number of nitrogens with two attached hydrogens (primary N) is 1. The van der Waals surface area contributed by atoms with E-state index in [-0.39, 0.29) is 10.7 Å². The van der Waals surface area contributed by atoms with E-state index in [4.69, 9.17) is 10.7 Å². The average Bonchev–Trinajstić information content (AvgIpc) is 3.89. The Labute approximate surface area is 291 Å². The van der Waals surface area contributed by atoms with Gasteiger partial charge >= 0.3 is 0 Å². The SMILES string of the molecule is C=Cc1c(C=C)c(-c2ccc(C3NC=CS3)cn2)c2ccc(-c3ccccc3-c3ccccc3)cc2c1C/C=C\C(=C/N)C1NC=CS1. The Balaban J connectivity index is 1.41. The highest BCUT2D eigenvalue weighted by atomic mass is 32.2. The fourth-order valence-electron chi connectivity index (χ4n) is 6.48. The third-order valence-electron chi connectivity index (χ3n) is 8.76. The molecule has 2 aliphatic heterocycles. The van der Waals surface area contributed by atoms with Gasteiger partial charge in [-0.3, -0.25) is 4.98 Å². The van der Waals surface area contributed by atoms with Crippen LogP contribution < -0.4 is 16.4 Å². The first kappa shape index (κ1) is 31.4. The van der Waals surface area contributed by atoms with Crippen molar-refractivity contribution in [3.05, 3.63) is 174 Å². The maximum Gasteiger partial charge on any atom is 0.103 e. The minimum Gasteiger partial charge on any atom is -0.404 e. The van der Waals surface area contributed by atoms with E-state index in [1.54, 1.807) is 29.7 Å². The predicted octanol–water partition coefficient (Wildman–Crippen LogP) is 10.4. The van der Waals surface area contributed by atoms with Crippen LogP contribution in [0.1, 0.15) is 27.6 Å². The molecule has 5 aromatic rings. The topological polar surface area (TPSA) is 63.0 Å². The first-order valence-electron chi connectivity index (χ1n) is 15.9. The number of nitrogens with one attached hydrogen (secondary N) is 2. The van der Waals surface area contributed by atoms with Crippen molar-refractivity contribution in [2.45, 2.75) is 17.2 Å². The van der Waals surface area contributed by atoms with Gasteiger partial charge in [0.1, 0.15) is 10.7 Å². The van der Waals surface area contributed by atoms with Gasteiger partial charge in [-0.25, -0.2) is 0 Å². The Hall–Kier alpha value is -5.17. The molecule has 4 aromatic carbocycles. The molecule has 0 saturated carbocycles. The zero-order valence-electron chi connectivity index (χ0n) is 26.5. The van der Waals surface area contributed by atoms with Gasteiger partial charge in [-0.2, -0.15) is 0 Å². The van der Waals surface area contributed by atoms with Crippen LogP contribution in [0.5, 0.6) is 0 Å². The summed E-state index contributed by atoms with van der Waals surface area (Å²) < 4.78 is 0. The van der Waals surface area contributed by atoms with Crippen molar-refractivity contribution >= 4 is 46.4 Å². The molecule has 0 aliphatic carbocycles. The van der Waals surface area contributed by atoms with Gasteiger partial charge in [0.25, 0.3) is 0 Å². The highest BCUT2D eigenvalue weighted by Gasteiger charge is 2.21. The molecule has 7 rings (SSSR count). The second kappa shape index (κ2) is 14.3. The maximum atomic E-state index is 6.07. The molecule has 0 radical (unpaired) electrons. The summed E-state index contributed by atoms with van der Waals surface area (Å²) in [5, 5.41) is 13.4. The number of pyridine rings is 1. The molecule has 6 heteroatoms. The molecule has 0 bridgehead atoms. The van der Waals surface area contributed by atoms with Crippen LogP contribution in [0, 0.1) is 0 Å². The fourth-order valence-corrected chi connectivity index (χ4v) is 8.03. The van der Waals surface area contributed by atoms with Crippen molar-refractivity contribution in [3.8, 4) is 33.5 Å². The number of rotatable bonds is 10. The molecule has 2 aliphatic rings. The molecule has 3 heterocycles. The smallest absolute Gasteiger partial charge is 0.103 e. The van der Waals surface area contributed by atoms with Crippen molar-refractivity contribution in [3.63, 3.8) is 0 Å². The summed E-state index contributed by atoms with van der Waals surface area (Å²) in [5.41, 5.74) is 18.2. The van der Waals surface area contributed by atoms with Gasteiger partial charge in [0, 0.05) is 35.9 Å².